The van der Waals surface area contributed by atoms with Crippen molar-refractivity contribution in [2.24, 2.45) is 0 Å². The van der Waals surface area contributed by atoms with Gasteiger partial charge in [0.25, 0.3) is 0 Å². The number of carbonyl (C=O) groups excluding carboxylic acids is 1. The van der Waals surface area contributed by atoms with Crippen molar-refractivity contribution in [3.63, 3.8) is 0 Å². The average molecular weight is 289 g/mol. The molecule has 0 saturated heterocycles. The molecule has 0 heterocycles. The molecule has 9 heteroatoms. The molecular weight excluding hydrogens is 283 g/mol. The summed E-state index contributed by atoms with van der Waals surface area (Å²) in [5, 5.41) is 1.59. The van der Waals surface area contributed by atoms with E-state index >= 15 is 0 Å². The molecule has 0 bridgehead atoms. The Morgan fingerprint density at radius 3 is 1.84 bits per heavy atom. The molecule has 106 valence electrons. The number of rotatable bonds is 1. The Bertz CT molecular complexity index is 504. The third kappa shape index (κ3) is 3.36. The minimum Gasteiger partial charge on any atom is -0.326 e. The van der Waals surface area contributed by atoms with Crippen molar-refractivity contribution in [3.8, 4) is 0 Å². The lowest BCUT2D eigenvalue weighted by Gasteiger charge is -2.19. The van der Waals surface area contributed by atoms with Crippen LogP contribution in [0.3, 0.4) is 0 Å². The molecule has 0 fully saturated rings. The molecule has 1 amide bonds. The van der Waals surface area contributed by atoms with Gasteiger partial charge in [0.15, 0.2) is 0 Å². The number of hydrogen-bond acceptors (Lipinski definition) is 1. The number of carbonyl (C=O) groups is 1. The van der Waals surface area contributed by atoms with E-state index in [1.165, 1.54) is 0 Å². The maximum atomic E-state index is 13.1. The van der Waals surface area contributed by atoms with Gasteiger partial charge >= 0.3 is 12.4 Å². The highest BCUT2D eigenvalue weighted by Gasteiger charge is 2.47. The summed E-state index contributed by atoms with van der Waals surface area (Å²) < 4.78 is 88.5. The third-order valence-electron chi connectivity index (χ3n) is 2.03. The summed E-state index contributed by atoms with van der Waals surface area (Å²) in [6.45, 7) is 0.816. The quantitative estimate of drug-likeness (QED) is 0.782. The summed E-state index contributed by atoms with van der Waals surface area (Å²) in [6.07, 6.45) is -11.0. The fraction of sp³-hybridized carbons (Fsp3) is 0.300. The molecule has 0 aliphatic carbocycles. The van der Waals surface area contributed by atoms with Gasteiger partial charge in [0, 0.05) is 6.92 Å². The Balaban J connectivity index is 3.66. The minimum atomic E-state index is -5.54. The van der Waals surface area contributed by atoms with E-state index in [2.05, 4.69) is 0 Å². The first-order valence-electron chi connectivity index (χ1n) is 4.69. The Kier molecular flexibility index (Phi) is 3.78. The summed E-state index contributed by atoms with van der Waals surface area (Å²) in [4.78, 5) is 10.7. The first-order valence-corrected chi connectivity index (χ1v) is 4.69. The molecule has 0 atom stereocenters. The third-order valence-corrected chi connectivity index (χ3v) is 2.03. The van der Waals surface area contributed by atoms with Crippen molar-refractivity contribution < 1.29 is 35.5 Å². The van der Waals surface area contributed by atoms with Gasteiger partial charge in [0.05, 0.1) is 11.3 Å². The van der Waals surface area contributed by atoms with Gasteiger partial charge in [-0.25, -0.2) is 4.39 Å². The lowest BCUT2D eigenvalue weighted by Crippen LogP contribution is -2.22. The van der Waals surface area contributed by atoms with E-state index in [1.54, 1.807) is 5.32 Å². The molecule has 0 spiro atoms. The highest BCUT2D eigenvalue weighted by Crippen LogP contribution is 2.45. The Labute approximate surface area is 102 Å². The van der Waals surface area contributed by atoms with Gasteiger partial charge < -0.3 is 5.32 Å². The molecule has 0 aliphatic heterocycles. The first kappa shape index (κ1) is 15.3. The van der Waals surface area contributed by atoms with E-state index in [4.69, 9.17) is 0 Å². The zero-order valence-electron chi connectivity index (χ0n) is 9.21. The maximum Gasteiger partial charge on any atom is 0.419 e. The van der Waals surface area contributed by atoms with Crippen LogP contribution < -0.4 is 5.32 Å². The molecule has 0 saturated carbocycles. The zero-order chi connectivity index (χ0) is 15.0. The van der Waals surface area contributed by atoms with Gasteiger partial charge in [0.2, 0.25) is 5.91 Å². The SMILES string of the molecule is CC(=O)Nc1ccc(F)c(C(F)(F)F)c1C(F)(F)F. The largest absolute Gasteiger partial charge is 0.419 e. The second-order valence-corrected chi connectivity index (χ2v) is 3.52. The minimum absolute atomic E-state index is 0.212. The normalized spacial score (nSPS) is 12.4. The fourth-order valence-corrected chi connectivity index (χ4v) is 1.44. The van der Waals surface area contributed by atoms with Crippen LogP contribution >= 0.6 is 0 Å². The van der Waals surface area contributed by atoms with E-state index in [1.807, 2.05) is 0 Å². The van der Waals surface area contributed by atoms with E-state index in [0.717, 1.165) is 6.92 Å². The van der Waals surface area contributed by atoms with E-state index in [-0.39, 0.29) is 6.07 Å². The highest BCUT2D eigenvalue weighted by atomic mass is 19.4. The fourth-order valence-electron chi connectivity index (χ4n) is 1.44. The number of halogens is 7. The molecule has 1 rings (SSSR count). The molecule has 0 aliphatic rings. The molecule has 0 unspecified atom stereocenters. The lowest BCUT2D eigenvalue weighted by atomic mass is 10.0. The predicted molar refractivity (Wildman–Crippen MR) is 50.7 cm³/mol. The second kappa shape index (κ2) is 4.71. The lowest BCUT2D eigenvalue weighted by molar-refractivity contribution is -0.163. The molecule has 0 radical (unpaired) electrons. The Hall–Kier alpha value is -1.80. The summed E-state index contributed by atoms with van der Waals surface area (Å²) in [5.41, 5.74) is -5.85. The maximum absolute atomic E-state index is 13.1. The van der Waals surface area contributed by atoms with Crippen LogP contribution in [0, 0.1) is 5.82 Å². The standard InChI is InChI=1S/C10H6F7NO/c1-4(19)18-6-3-2-5(11)7(9(12,13)14)8(6)10(15,16)17/h2-3H,1H3,(H,18,19). The Morgan fingerprint density at radius 1 is 1.00 bits per heavy atom. The summed E-state index contributed by atoms with van der Waals surface area (Å²) in [7, 11) is 0. The van der Waals surface area contributed by atoms with Gasteiger partial charge in [-0.1, -0.05) is 0 Å². The van der Waals surface area contributed by atoms with Crippen LogP contribution in [0.2, 0.25) is 0 Å². The van der Waals surface area contributed by atoms with Crippen LogP contribution in [0.15, 0.2) is 12.1 Å². The molecule has 2 nitrogen and oxygen atoms in total. The van der Waals surface area contributed by atoms with Gasteiger partial charge in [-0.15, -0.1) is 0 Å². The summed E-state index contributed by atoms with van der Waals surface area (Å²) >= 11 is 0. The average Bonchev–Trinajstić information content (AvgIpc) is 2.15. The zero-order valence-corrected chi connectivity index (χ0v) is 9.21. The molecule has 19 heavy (non-hydrogen) atoms. The molecule has 1 N–H and O–H groups in total. The van der Waals surface area contributed by atoms with Crippen LogP contribution in [0.4, 0.5) is 36.4 Å². The van der Waals surface area contributed by atoms with Crippen molar-refractivity contribution in [1.29, 1.82) is 0 Å². The number of anilines is 1. The number of alkyl halides is 6. The summed E-state index contributed by atoms with van der Waals surface area (Å²) in [6, 6.07) is 0.637. The van der Waals surface area contributed by atoms with E-state index in [0.29, 0.717) is 6.07 Å². The smallest absolute Gasteiger partial charge is 0.326 e. The molecular formula is C10H6F7NO. The van der Waals surface area contributed by atoms with Crippen molar-refractivity contribution in [3.05, 3.63) is 29.1 Å². The topological polar surface area (TPSA) is 29.1 Å². The van der Waals surface area contributed by atoms with Crippen molar-refractivity contribution in [1.82, 2.24) is 0 Å². The van der Waals surface area contributed by atoms with Gasteiger partial charge in [0.1, 0.15) is 11.4 Å². The molecule has 1 aromatic carbocycles. The van der Waals surface area contributed by atoms with E-state index in [9.17, 15) is 35.5 Å². The Morgan fingerprint density at radius 2 is 1.47 bits per heavy atom. The van der Waals surface area contributed by atoms with Crippen LogP contribution in [0.25, 0.3) is 0 Å². The van der Waals surface area contributed by atoms with Crippen molar-refractivity contribution in [2.75, 3.05) is 5.32 Å². The van der Waals surface area contributed by atoms with Gasteiger partial charge in [-0.3, -0.25) is 4.79 Å². The van der Waals surface area contributed by atoms with Crippen molar-refractivity contribution in [2.45, 2.75) is 19.3 Å². The first-order chi connectivity index (χ1) is 8.44. The predicted octanol–water partition coefficient (Wildman–Crippen LogP) is 3.82. The van der Waals surface area contributed by atoms with Crippen LogP contribution in [-0.2, 0) is 17.1 Å². The monoisotopic (exact) mass is 289 g/mol. The van der Waals surface area contributed by atoms with Crippen molar-refractivity contribution >= 4 is 11.6 Å². The number of nitrogens with one attached hydrogen (secondary N) is 1. The van der Waals surface area contributed by atoms with Crippen LogP contribution in [0.5, 0.6) is 0 Å². The van der Waals surface area contributed by atoms with Crippen LogP contribution in [0.1, 0.15) is 18.1 Å². The van der Waals surface area contributed by atoms with Crippen LogP contribution in [-0.4, -0.2) is 5.91 Å². The molecule has 1 aromatic rings. The summed E-state index contributed by atoms with van der Waals surface area (Å²) in [5.74, 6) is -3.07. The number of amides is 1. The highest BCUT2D eigenvalue weighted by molar-refractivity contribution is 5.90. The number of benzene rings is 1. The van der Waals surface area contributed by atoms with Gasteiger partial charge in [-0.05, 0) is 12.1 Å². The second-order valence-electron chi connectivity index (χ2n) is 3.52. The number of hydrogen-bond donors (Lipinski definition) is 1. The molecule has 0 aromatic heterocycles. The van der Waals surface area contributed by atoms with Gasteiger partial charge in [-0.2, -0.15) is 26.3 Å². The van der Waals surface area contributed by atoms with E-state index < -0.39 is 40.9 Å².